The summed E-state index contributed by atoms with van der Waals surface area (Å²) >= 11 is 0. The van der Waals surface area contributed by atoms with Crippen molar-refractivity contribution in [2.24, 2.45) is 5.92 Å². The fourth-order valence-electron chi connectivity index (χ4n) is 5.16. The van der Waals surface area contributed by atoms with Crippen LogP contribution in [-0.4, -0.2) is 77.6 Å². The molecule has 0 aliphatic carbocycles. The number of para-hydroxylation sites is 1. The highest BCUT2D eigenvalue weighted by Crippen LogP contribution is 2.41. The molecule has 12 heteroatoms. The lowest BCUT2D eigenvalue weighted by Gasteiger charge is -2.28. The topological polar surface area (TPSA) is 142 Å². The molecule has 4 rings (SSSR count). The molecule has 12 nitrogen and oxygen atoms in total. The van der Waals surface area contributed by atoms with Crippen molar-refractivity contribution in [1.82, 2.24) is 20.3 Å². The summed E-state index contributed by atoms with van der Waals surface area (Å²) in [5, 5.41) is 11.6. The molecule has 47 heavy (non-hydrogen) atoms. The highest BCUT2D eigenvalue weighted by Gasteiger charge is 2.29. The molecule has 1 aliphatic heterocycles. The predicted octanol–water partition coefficient (Wildman–Crippen LogP) is 4.35. The quantitative estimate of drug-likeness (QED) is 0.167. The van der Waals surface area contributed by atoms with Gasteiger partial charge in [0.25, 0.3) is 0 Å². The van der Waals surface area contributed by atoms with E-state index in [0.29, 0.717) is 61.8 Å². The molecule has 2 amide bonds. The van der Waals surface area contributed by atoms with Gasteiger partial charge >= 0.3 is 5.97 Å². The Bertz CT molecular complexity index is 1530. The molecule has 0 spiro atoms. The van der Waals surface area contributed by atoms with Gasteiger partial charge in [-0.3, -0.25) is 19.2 Å². The SMILES string of the molecule is CC(C)OCCOC(=O)Cn1nnc2c1-c1ccccc1CN(C(=O)CCC(=O)NCCCOCCC(=O)C(C)C)c1ccccc1-2. The van der Waals surface area contributed by atoms with Crippen LogP contribution in [0, 0.1) is 5.92 Å². The molecule has 252 valence electrons. The number of hydrogen-bond acceptors (Lipinski definition) is 9. The molecule has 1 aliphatic rings. The zero-order valence-corrected chi connectivity index (χ0v) is 27.7. The summed E-state index contributed by atoms with van der Waals surface area (Å²) < 4.78 is 17.9. The number of rotatable bonds is 17. The van der Waals surface area contributed by atoms with Crippen LogP contribution in [0.15, 0.2) is 48.5 Å². The fraction of sp³-hybridized carbons (Fsp3) is 0.486. The standard InChI is InChI=1S/C35H45N5O7/c1-24(2)30(41)16-19-45-18-9-17-36-31(42)14-15-32(43)39-22-26-10-5-6-11-27(26)35-34(28-12-7-8-13-29(28)39)37-38-40(35)23-33(44)47-21-20-46-25(3)4/h5-8,10-13,24-25H,9,14-23H2,1-4H3,(H,36,42). The summed E-state index contributed by atoms with van der Waals surface area (Å²) in [5.74, 6) is -0.718. The van der Waals surface area contributed by atoms with Crippen LogP contribution < -0.4 is 10.2 Å². The molecule has 0 atom stereocenters. The Kier molecular flexibility index (Phi) is 13.2. The van der Waals surface area contributed by atoms with Gasteiger partial charge in [-0.2, -0.15) is 0 Å². The third-order valence-electron chi connectivity index (χ3n) is 7.65. The van der Waals surface area contributed by atoms with Crippen LogP contribution in [0.5, 0.6) is 0 Å². The molecule has 2 aromatic carbocycles. The van der Waals surface area contributed by atoms with Gasteiger partial charge in [-0.15, -0.1) is 5.10 Å². The molecule has 0 radical (unpaired) electrons. The predicted molar refractivity (Wildman–Crippen MR) is 176 cm³/mol. The number of ketones is 1. The van der Waals surface area contributed by atoms with Crippen molar-refractivity contribution in [3.05, 3.63) is 54.1 Å². The number of carbonyl (C=O) groups excluding carboxylic acids is 4. The first-order chi connectivity index (χ1) is 22.7. The Balaban J connectivity index is 1.42. The average molecular weight is 648 g/mol. The zero-order valence-electron chi connectivity index (χ0n) is 27.7. The Labute approximate surface area is 275 Å². The molecule has 1 aromatic heterocycles. The Morgan fingerprint density at radius 2 is 1.62 bits per heavy atom. The van der Waals surface area contributed by atoms with Crippen molar-refractivity contribution in [2.45, 2.75) is 72.6 Å². The van der Waals surface area contributed by atoms with Crippen LogP contribution in [0.1, 0.15) is 58.9 Å². The molecule has 2 heterocycles. The van der Waals surface area contributed by atoms with Gasteiger partial charge in [-0.1, -0.05) is 61.5 Å². The molecule has 0 fully saturated rings. The molecular weight excluding hydrogens is 602 g/mol. The van der Waals surface area contributed by atoms with Gasteiger partial charge in [0.2, 0.25) is 11.8 Å². The fourth-order valence-corrected chi connectivity index (χ4v) is 5.16. The van der Waals surface area contributed by atoms with E-state index < -0.39 is 5.97 Å². The maximum absolute atomic E-state index is 13.7. The number of hydrogen-bond donors (Lipinski definition) is 1. The second kappa shape index (κ2) is 17.5. The summed E-state index contributed by atoms with van der Waals surface area (Å²) in [7, 11) is 0. The molecule has 0 unspecified atom stereocenters. The third kappa shape index (κ3) is 10.0. The number of fused-ring (bicyclic) bond motifs is 5. The van der Waals surface area contributed by atoms with Crippen molar-refractivity contribution in [3.63, 3.8) is 0 Å². The number of nitrogens with one attached hydrogen (secondary N) is 1. The largest absolute Gasteiger partial charge is 0.462 e. The summed E-state index contributed by atoms with van der Waals surface area (Å²) in [6, 6.07) is 15.1. The summed E-state index contributed by atoms with van der Waals surface area (Å²) in [6.07, 6.45) is 1.09. The second-order valence-corrected chi connectivity index (χ2v) is 11.9. The van der Waals surface area contributed by atoms with Gasteiger partial charge in [0.15, 0.2) is 0 Å². The zero-order chi connectivity index (χ0) is 33.8. The second-order valence-electron chi connectivity index (χ2n) is 11.9. The molecule has 3 aromatic rings. The number of anilines is 1. The van der Waals surface area contributed by atoms with Gasteiger partial charge in [-0.25, -0.2) is 4.68 Å². The van der Waals surface area contributed by atoms with E-state index in [0.717, 1.165) is 11.1 Å². The Morgan fingerprint density at radius 3 is 2.38 bits per heavy atom. The maximum Gasteiger partial charge on any atom is 0.327 e. The van der Waals surface area contributed by atoms with Crippen molar-refractivity contribution in [1.29, 1.82) is 0 Å². The smallest absolute Gasteiger partial charge is 0.327 e. The van der Waals surface area contributed by atoms with Crippen LogP contribution in [0.25, 0.3) is 22.5 Å². The number of carbonyl (C=O) groups is 4. The van der Waals surface area contributed by atoms with Crippen LogP contribution >= 0.6 is 0 Å². The number of ether oxygens (including phenoxy) is 3. The molecule has 0 bridgehead atoms. The van der Waals surface area contributed by atoms with Crippen molar-refractivity contribution in [3.8, 4) is 22.5 Å². The van der Waals surface area contributed by atoms with Crippen LogP contribution in [0.4, 0.5) is 5.69 Å². The van der Waals surface area contributed by atoms with Crippen LogP contribution in [-0.2, 0) is 46.5 Å². The maximum atomic E-state index is 13.7. The van der Waals surface area contributed by atoms with E-state index in [9.17, 15) is 19.2 Å². The van der Waals surface area contributed by atoms with Gasteiger partial charge in [0.1, 0.15) is 24.6 Å². The molecule has 0 saturated carbocycles. The van der Waals surface area contributed by atoms with Gasteiger partial charge in [0.05, 0.1) is 37.2 Å². The number of esters is 1. The number of nitrogens with zero attached hydrogens (tertiary/aromatic N) is 4. The number of benzene rings is 2. The lowest BCUT2D eigenvalue weighted by atomic mass is 9.95. The van der Waals surface area contributed by atoms with Gasteiger partial charge < -0.3 is 24.4 Å². The Hall–Kier alpha value is -4.42. The molecule has 0 saturated heterocycles. The van der Waals surface area contributed by atoms with E-state index in [1.54, 1.807) is 4.90 Å². The summed E-state index contributed by atoms with van der Waals surface area (Å²) in [4.78, 5) is 52.4. The molecule has 1 N–H and O–H groups in total. The van der Waals surface area contributed by atoms with E-state index in [-0.39, 0.29) is 62.2 Å². The van der Waals surface area contributed by atoms with E-state index in [2.05, 4.69) is 15.6 Å². The van der Waals surface area contributed by atoms with Crippen LogP contribution in [0.3, 0.4) is 0 Å². The number of aromatic nitrogens is 3. The minimum absolute atomic E-state index is 0.00116. The lowest BCUT2D eigenvalue weighted by molar-refractivity contribution is -0.146. The van der Waals surface area contributed by atoms with E-state index >= 15 is 0 Å². The first-order valence-electron chi connectivity index (χ1n) is 16.2. The highest BCUT2D eigenvalue weighted by atomic mass is 16.6. The summed E-state index contributed by atoms with van der Waals surface area (Å²) in [6.45, 7) is 9.36. The first kappa shape index (κ1) is 35.4. The van der Waals surface area contributed by atoms with Crippen molar-refractivity contribution in [2.75, 3.05) is 37.9 Å². The number of amides is 2. The monoisotopic (exact) mass is 647 g/mol. The van der Waals surface area contributed by atoms with Crippen molar-refractivity contribution >= 4 is 29.3 Å². The summed E-state index contributed by atoms with van der Waals surface area (Å²) in [5.41, 5.74) is 4.17. The van der Waals surface area contributed by atoms with E-state index in [1.165, 1.54) is 4.68 Å². The van der Waals surface area contributed by atoms with Crippen molar-refractivity contribution < 1.29 is 33.4 Å². The van der Waals surface area contributed by atoms with Gasteiger partial charge in [-0.05, 0) is 31.9 Å². The Morgan fingerprint density at radius 1 is 0.872 bits per heavy atom. The number of Topliss-reactive ketones (excluding diaryl/α,β-unsaturated/α-hetero) is 1. The molecular formula is C35H45N5O7. The lowest BCUT2D eigenvalue weighted by Crippen LogP contribution is -2.33. The highest BCUT2D eigenvalue weighted by molar-refractivity contribution is 6.01. The average Bonchev–Trinajstić information content (AvgIpc) is 3.45. The van der Waals surface area contributed by atoms with Crippen LogP contribution in [0.2, 0.25) is 0 Å². The van der Waals surface area contributed by atoms with E-state index in [1.807, 2.05) is 76.2 Å². The third-order valence-corrected chi connectivity index (χ3v) is 7.65. The van der Waals surface area contributed by atoms with E-state index in [4.69, 9.17) is 14.2 Å². The minimum atomic E-state index is -0.460. The van der Waals surface area contributed by atoms with Gasteiger partial charge in [0, 0.05) is 49.5 Å². The first-order valence-corrected chi connectivity index (χ1v) is 16.2. The minimum Gasteiger partial charge on any atom is -0.462 e. The normalized spacial score (nSPS) is 12.2.